The largest absolute Gasteiger partial charge is 0.326 e. The Balaban J connectivity index is 1.65. The molecule has 0 aliphatic carbocycles. The molecule has 150 valence electrons. The van der Waals surface area contributed by atoms with E-state index in [1.165, 1.54) is 18.2 Å². The van der Waals surface area contributed by atoms with Crippen molar-refractivity contribution in [3.63, 3.8) is 0 Å². The van der Waals surface area contributed by atoms with Crippen LogP contribution in [-0.2, 0) is 17.8 Å². The molecule has 0 spiro atoms. The van der Waals surface area contributed by atoms with E-state index >= 15 is 0 Å². The second kappa shape index (κ2) is 8.47. The average Bonchev–Trinajstić information content (AvgIpc) is 2.87. The molecule has 2 aromatic rings. The number of aromatic nitrogens is 3. The molecule has 0 unspecified atom stereocenters. The van der Waals surface area contributed by atoms with Gasteiger partial charge in [0.15, 0.2) is 10.9 Å². The zero-order valence-electron chi connectivity index (χ0n) is 17.0. The number of anilines is 1. The Bertz CT molecular complexity index is 852. The minimum absolute atomic E-state index is 0.0460. The van der Waals surface area contributed by atoms with Crippen molar-refractivity contribution in [1.82, 2.24) is 14.8 Å². The molecule has 1 N–H and O–H groups in total. The maximum Gasteiger partial charge on any atom is 0.229 e. The summed E-state index contributed by atoms with van der Waals surface area (Å²) in [7, 11) is 0. The first-order valence-electron chi connectivity index (χ1n) is 9.80. The highest BCUT2D eigenvalue weighted by atomic mass is 32.2. The van der Waals surface area contributed by atoms with Gasteiger partial charge in [-0.15, -0.1) is 10.2 Å². The van der Waals surface area contributed by atoms with Gasteiger partial charge < -0.3 is 9.88 Å². The smallest absolute Gasteiger partial charge is 0.229 e. The molecular weight excluding hydrogens is 372 g/mol. The second-order valence-electron chi connectivity index (χ2n) is 8.27. The summed E-state index contributed by atoms with van der Waals surface area (Å²) in [6.45, 7) is 8.42. The Hall–Kier alpha value is -2.15. The minimum Gasteiger partial charge on any atom is -0.326 e. The van der Waals surface area contributed by atoms with Crippen LogP contribution >= 0.6 is 11.8 Å². The van der Waals surface area contributed by atoms with E-state index in [1.807, 2.05) is 27.7 Å². The molecule has 6 nitrogen and oxygen atoms in total. The molecule has 7 heteroatoms. The number of amides is 1. The standard InChI is InChI=1S/C21H28N4O2S/c1-14(28-20-24-23-17-8-6-5-7-13-25(17)20)18(26)15-9-11-16(12-10-15)22-19(27)21(2,3)4/h9-12,14H,5-8,13H2,1-4H3,(H,22,27)/t14-/m1/s1. The Morgan fingerprint density at radius 1 is 1.11 bits per heavy atom. The van der Waals surface area contributed by atoms with Crippen LogP contribution in [-0.4, -0.2) is 31.7 Å². The summed E-state index contributed by atoms with van der Waals surface area (Å²) in [6.07, 6.45) is 4.44. The van der Waals surface area contributed by atoms with Gasteiger partial charge in [0.2, 0.25) is 5.91 Å². The van der Waals surface area contributed by atoms with Crippen molar-refractivity contribution in [1.29, 1.82) is 0 Å². The number of hydrogen-bond donors (Lipinski definition) is 1. The SMILES string of the molecule is C[C@@H](Sc1nnc2n1CCCCC2)C(=O)c1ccc(NC(=O)C(C)(C)C)cc1. The molecule has 1 aromatic carbocycles. The quantitative estimate of drug-likeness (QED) is 0.596. The van der Waals surface area contributed by atoms with Crippen molar-refractivity contribution in [2.24, 2.45) is 5.41 Å². The number of aryl methyl sites for hydroxylation is 1. The fourth-order valence-electron chi connectivity index (χ4n) is 3.03. The van der Waals surface area contributed by atoms with Crippen molar-refractivity contribution >= 4 is 29.1 Å². The number of carbonyl (C=O) groups excluding carboxylic acids is 2. The van der Waals surface area contributed by atoms with E-state index < -0.39 is 5.41 Å². The topological polar surface area (TPSA) is 76.9 Å². The van der Waals surface area contributed by atoms with Crippen LogP contribution in [0.3, 0.4) is 0 Å². The summed E-state index contributed by atoms with van der Waals surface area (Å²) < 4.78 is 2.16. The van der Waals surface area contributed by atoms with Gasteiger partial charge in [-0.1, -0.05) is 39.0 Å². The van der Waals surface area contributed by atoms with Crippen LogP contribution in [0.1, 0.15) is 63.1 Å². The molecule has 28 heavy (non-hydrogen) atoms. The lowest BCUT2D eigenvalue weighted by atomic mass is 9.95. The summed E-state index contributed by atoms with van der Waals surface area (Å²) in [5.74, 6) is 1.02. The van der Waals surface area contributed by atoms with Crippen LogP contribution in [0.5, 0.6) is 0 Å². The van der Waals surface area contributed by atoms with Gasteiger partial charge in [0.25, 0.3) is 0 Å². The van der Waals surface area contributed by atoms with E-state index in [9.17, 15) is 9.59 Å². The van der Waals surface area contributed by atoms with Gasteiger partial charge in [0.1, 0.15) is 5.82 Å². The first kappa shape index (κ1) is 20.6. The molecule has 0 saturated heterocycles. The highest BCUT2D eigenvalue weighted by molar-refractivity contribution is 8.00. The number of hydrogen-bond acceptors (Lipinski definition) is 5. The maximum atomic E-state index is 12.8. The Labute approximate surface area is 170 Å². The number of benzene rings is 1. The first-order chi connectivity index (χ1) is 13.3. The van der Waals surface area contributed by atoms with Crippen LogP contribution in [0, 0.1) is 5.41 Å². The van der Waals surface area contributed by atoms with Crippen LogP contribution in [0.4, 0.5) is 5.69 Å². The van der Waals surface area contributed by atoms with Crippen LogP contribution in [0.15, 0.2) is 29.4 Å². The van der Waals surface area contributed by atoms with E-state index in [4.69, 9.17) is 0 Å². The summed E-state index contributed by atoms with van der Waals surface area (Å²) in [4.78, 5) is 24.9. The molecule has 0 fully saturated rings. The van der Waals surface area contributed by atoms with Crippen molar-refractivity contribution in [3.05, 3.63) is 35.7 Å². The Morgan fingerprint density at radius 3 is 2.50 bits per heavy atom. The highest BCUT2D eigenvalue weighted by Crippen LogP contribution is 2.27. The zero-order valence-corrected chi connectivity index (χ0v) is 17.8. The fourth-order valence-corrected chi connectivity index (χ4v) is 4.00. The van der Waals surface area contributed by atoms with Crippen LogP contribution < -0.4 is 5.32 Å². The zero-order chi connectivity index (χ0) is 20.3. The first-order valence-corrected chi connectivity index (χ1v) is 10.7. The summed E-state index contributed by atoms with van der Waals surface area (Å²) in [6, 6.07) is 7.08. The number of fused-ring (bicyclic) bond motifs is 1. The summed E-state index contributed by atoms with van der Waals surface area (Å²) >= 11 is 1.47. The number of Topliss-reactive ketones (excluding diaryl/α,β-unsaturated/α-hetero) is 1. The molecule has 1 aromatic heterocycles. The fraction of sp³-hybridized carbons (Fsp3) is 0.524. The highest BCUT2D eigenvalue weighted by Gasteiger charge is 2.23. The third kappa shape index (κ3) is 4.82. The summed E-state index contributed by atoms with van der Waals surface area (Å²) in [5.41, 5.74) is 0.861. The predicted octanol–water partition coefficient (Wildman–Crippen LogP) is 4.35. The van der Waals surface area contributed by atoms with Gasteiger partial charge in [-0.2, -0.15) is 0 Å². The van der Waals surface area contributed by atoms with Gasteiger partial charge in [-0.3, -0.25) is 9.59 Å². The van der Waals surface area contributed by atoms with Gasteiger partial charge in [-0.25, -0.2) is 0 Å². The van der Waals surface area contributed by atoms with Crippen molar-refractivity contribution in [2.75, 3.05) is 5.32 Å². The Morgan fingerprint density at radius 2 is 1.82 bits per heavy atom. The number of rotatable bonds is 5. The lowest BCUT2D eigenvalue weighted by molar-refractivity contribution is -0.123. The third-order valence-corrected chi connectivity index (χ3v) is 5.92. The van der Waals surface area contributed by atoms with Gasteiger partial charge in [0.05, 0.1) is 5.25 Å². The molecule has 1 aliphatic heterocycles. The van der Waals surface area contributed by atoms with E-state index in [1.54, 1.807) is 24.3 Å². The molecular formula is C21H28N4O2S. The number of carbonyl (C=O) groups is 2. The minimum atomic E-state index is -0.462. The van der Waals surface area contributed by atoms with Gasteiger partial charge >= 0.3 is 0 Å². The molecule has 3 rings (SSSR count). The Kier molecular flexibility index (Phi) is 6.23. The molecule has 0 bridgehead atoms. The number of nitrogens with zero attached hydrogens (tertiary/aromatic N) is 3. The molecule has 2 heterocycles. The molecule has 1 amide bonds. The predicted molar refractivity (Wildman–Crippen MR) is 112 cm³/mol. The monoisotopic (exact) mass is 400 g/mol. The van der Waals surface area contributed by atoms with E-state index in [0.717, 1.165) is 36.8 Å². The number of ketones is 1. The van der Waals surface area contributed by atoms with Crippen molar-refractivity contribution < 1.29 is 9.59 Å². The number of nitrogens with one attached hydrogen (secondary N) is 1. The second-order valence-corrected chi connectivity index (χ2v) is 9.57. The lowest BCUT2D eigenvalue weighted by Crippen LogP contribution is -2.27. The lowest BCUT2D eigenvalue weighted by Gasteiger charge is -2.18. The molecule has 0 saturated carbocycles. The van der Waals surface area contributed by atoms with Crippen molar-refractivity contribution in [3.8, 4) is 0 Å². The normalized spacial score (nSPS) is 15.4. The third-order valence-electron chi connectivity index (χ3n) is 4.84. The summed E-state index contributed by atoms with van der Waals surface area (Å²) in [5, 5.41) is 12.0. The molecule has 0 radical (unpaired) electrons. The van der Waals surface area contributed by atoms with E-state index in [2.05, 4.69) is 20.1 Å². The van der Waals surface area contributed by atoms with E-state index in [-0.39, 0.29) is 16.9 Å². The molecule has 1 atom stereocenters. The van der Waals surface area contributed by atoms with Crippen molar-refractivity contribution in [2.45, 2.75) is 70.3 Å². The van der Waals surface area contributed by atoms with Crippen LogP contribution in [0.2, 0.25) is 0 Å². The van der Waals surface area contributed by atoms with Gasteiger partial charge in [-0.05, 0) is 44.0 Å². The average molecular weight is 401 g/mol. The van der Waals surface area contributed by atoms with Gasteiger partial charge in [0, 0.05) is 29.6 Å². The molecule has 1 aliphatic rings. The van der Waals surface area contributed by atoms with E-state index in [0.29, 0.717) is 11.3 Å². The number of thioether (sulfide) groups is 1. The van der Waals surface area contributed by atoms with Crippen LogP contribution in [0.25, 0.3) is 0 Å². The maximum absolute atomic E-state index is 12.8.